The minimum atomic E-state index is -0.946. The molecule has 0 bridgehead atoms. The highest BCUT2D eigenvalue weighted by Crippen LogP contribution is 2.25. The number of nitrogens with zero attached hydrogens (tertiary/aromatic N) is 1. The number of carbonyl (C=O) groups is 2. The first-order valence-corrected chi connectivity index (χ1v) is 5.40. The second-order valence-electron chi connectivity index (χ2n) is 2.66. The van der Waals surface area contributed by atoms with Crippen LogP contribution in [0.2, 0.25) is 0 Å². The lowest BCUT2D eigenvalue weighted by atomic mass is 10.2. The number of pyridine rings is 1. The number of anilines is 1. The molecule has 1 atom stereocenters. The lowest BCUT2D eigenvalue weighted by Gasteiger charge is -2.09. The zero-order chi connectivity index (χ0) is 11.3. The topological polar surface area (TPSA) is 79.3 Å². The number of aliphatic carboxylic acids is 1. The van der Waals surface area contributed by atoms with E-state index in [2.05, 4.69) is 10.3 Å². The monoisotopic (exact) mass is 226 g/mol. The van der Waals surface area contributed by atoms with Crippen molar-refractivity contribution in [2.45, 2.75) is 5.25 Å². The number of hydrogen-bond donors (Lipinski definition) is 2. The Morgan fingerprint density at radius 3 is 2.93 bits per heavy atom. The third-order valence-corrected chi connectivity index (χ3v) is 2.62. The Balaban J connectivity index is 2.97. The number of rotatable bonds is 5. The first kappa shape index (κ1) is 11.5. The van der Waals surface area contributed by atoms with Crippen LogP contribution in [-0.4, -0.2) is 28.7 Å². The molecular formula is C9H10N2O3S. The molecule has 0 fully saturated rings. The smallest absolute Gasteiger partial charge is 0.322 e. The average Bonchev–Trinajstić information content (AvgIpc) is 2.19. The first-order valence-electron chi connectivity index (χ1n) is 4.11. The molecule has 0 spiro atoms. The fraction of sp³-hybridized carbons (Fsp3) is 0.222. The van der Waals surface area contributed by atoms with Gasteiger partial charge in [0.15, 0.2) is 0 Å². The number of nitrogens with one attached hydrogen (secondary N) is 1. The Morgan fingerprint density at radius 2 is 2.40 bits per heavy atom. The van der Waals surface area contributed by atoms with Crippen molar-refractivity contribution in [1.29, 1.82) is 0 Å². The summed E-state index contributed by atoms with van der Waals surface area (Å²) in [4.78, 5) is 25.0. The molecule has 1 rings (SSSR count). The number of aromatic nitrogens is 1. The summed E-state index contributed by atoms with van der Waals surface area (Å²) in [6.07, 6.45) is 2.20. The quantitative estimate of drug-likeness (QED) is 0.736. The van der Waals surface area contributed by atoms with Crippen LogP contribution in [-0.2, 0) is 9.59 Å². The van der Waals surface area contributed by atoms with Crippen molar-refractivity contribution >= 4 is 30.0 Å². The molecule has 1 aromatic rings. The van der Waals surface area contributed by atoms with E-state index >= 15 is 0 Å². The van der Waals surface area contributed by atoms with Crippen LogP contribution in [0, 0.1) is 0 Å². The number of hydrogen-bond acceptors (Lipinski definition) is 4. The van der Waals surface area contributed by atoms with Crippen LogP contribution < -0.4 is 5.32 Å². The third kappa shape index (κ3) is 2.95. The Bertz CT molecular complexity index is 370. The fourth-order valence-corrected chi connectivity index (χ4v) is 1.66. The van der Waals surface area contributed by atoms with Crippen molar-refractivity contribution in [2.75, 3.05) is 11.6 Å². The molecule has 0 aliphatic heterocycles. The zero-order valence-electron chi connectivity index (χ0n) is 8.01. The van der Waals surface area contributed by atoms with Gasteiger partial charge in [0.2, 0.25) is 6.41 Å². The predicted molar refractivity (Wildman–Crippen MR) is 57.8 cm³/mol. The molecule has 6 heteroatoms. The van der Waals surface area contributed by atoms with Gasteiger partial charge in [-0.05, 0) is 18.4 Å². The van der Waals surface area contributed by atoms with Crippen LogP contribution in [0.5, 0.6) is 0 Å². The number of carboxylic acid groups (broad SMARTS) is 1. The Morgan fingerprint density at radius 1 is 1.67 bits per heavy atom. The summed E-state index contributed by atoms with van der Waals surface area (Å²) < 4.78 is 0. The van der Waals surface area contributed by atoms with Gasteiger partial charge in [-0.3, -0.25) is 9.59 Å². The molecule has 0 aliphatic rings. The van der Waals surface area contributed by atoms with Crippen molar-refractivity contribution < 1.29 is 14.7 Å². The van der Waals surface area contributed by atoms with Crippen LogP contribution in [0.15, 0.2) is 18.2 Å². The van der Waals surface area contributed by atoms with Gasteiger partial charge in [0.1, 0.15) is 11.1 Å². The van der Waals surface area contributed by atoms with E-state index in [1.165, 1.54) is 11.8 Å². The Labute approximate surface area is 90.9 Å². The molecule has 15 heavy (non-hydrogen) atoms. The van der Waals surface area contributed by atoms with Crippen molar-refractivity contribution in [3.63, 3.8) is 0 Å². The molecule has 80 valence electrons. The summed E-state index contributed by atoms with van der Waals surface area (Å²) in [7, 11) is 0. The summed E-state index contributed by atoms with van der Waals surface area (Å²) in [6.45, 7) is 0. The van der Waals surface area contributed by atoms with E-state index in [9.17, 15) is 9.59 Å². The molecule has 0 aliphatic carbocycles. The number of thioether (sulfide) groups is 1. The van der Waals surface area contributed by atoms with Crippen LogP contribution in [0.4, 0.5) is 5.82 Å². The molecule has 0 saturated carbocycles. The summed E-state index contributed by atoms with van der Waals surface area (Å²) in [5, 5.41) is 10.6. The van der Waals surface area contributed by atoms with Crippen LogP contribution in [0.25, 0.3) is 0 Å². The van der Waals surface area contributed by atoms with Gasteiger partial charge in [-0.1, -0.05) is 6.07 Å². The molecular weight excluding hydrogens is 216 g/mol. The van der Waals surface area contributed by atoms with Crippen molar-refractivity contribution in [3.05, 3.63) is 23.9 Å². The van der Waals surface area contributed by atoms with E-state index in [1.54, 1.807) is 24.5 Å². The second kappa shape index (κ2) is 5.35. The van der Waals surface area contributed by atoms with Crippen LogP contribution >= 0.6 is 11.8 Å². The van der Waals surface area contributed by atoms with Crippen molar-refractivity contribution in [2.24, 2.45) is 0 Å². The maximum Gasteiger partial charge on any atom is 0.322 e. The van der Waals surface area contributed by atoms with Gasteiger partial charge in [-0.25, -0.2) is 4.98 Å². The predicted octanol–water partition coefficient (Wildman–Crippen LogP) is 1.14. The van der Waals surface area contributed by atoms with Gasteiger partial charge < -0.3 is 10.4 Å². The van der Waals surface area contributed by atoms with Crippen molar-refractivity contribution in [1.82, 2.24) is 4.98 Å². The van der Waals surface area contributed by atoms with E-state index < -0.39 is 11.2 Å². The lowest BCUT2D eigenvalue weighted by molar-refractivity contribution is -0.136. The van der Waals surface area contributed by atoms with E-state index in [4.69, 9.17) is 5.11 Å². The molecule has 5 nitrogen and oxygen atoms in total. The molecule has 1 heterocycles. The lowest BCUT2D eigenvalue weighted by Crippen LogP contribution is -2.10. The van der Waals surface area contributed by atoms with Gasteiger partial charge in [0, 0.05) is 0 Å². The third-order valence-electron chi connectivity index (χ3n) is 1.71. The van der Waals surface area contributed by atoms with Gasteiger partial charge >= 0.3 is 5.97 Å². The molecule has 0 saturated heterocycles. The van der Waals surface area contributed by atoms with Gasteiger partial charge in [-0.15, -0.1) is 11.8 Å². The molecule has 1 aromatic heterocycles. The zero-order valence-corrected chi connectivity index (χ0v) is 8.82. The average molecular weight is 226 g/mol. The maximum absolute atomic E-state index is 10.8. The van der Waals surface area contributed by atoms with E-state index in [-0.39, 0.29) is 0 Å². The van der Waals surface area contributed by atoms with Gasteiger partial charge in [0.05, 0.1) is 5.69 Å². The Hall–Kier alpha value is -1.56. The summed E-state index contributed by atoms with van der Waals surface area (Å²) in [5.74, 6) is -0.596. The molecule has 0 radical (unpaired) electrons. The molecule has 1 unspecified atom stereocenters. The Kier molecular flexibility index (Phi) is 4.11. The number of amides is 1. The summed E-state index contributed by atoms with van der Waals surface area (Å²) >= 11 is 1.18. The summed E-state index contributed by atoms with van der Waals surface area (Å²) in [6, 6.07) is 4.86. The molecule has 1 amide bonds. The maximum atomic E-state index is 10.8. The van der Waals surface area contributed by atoms with Crippen molar-refractivity contribution in [3.8, 4) is 0 Å². The van der Waals surface area contributed by atoms with Gasteiger partial charge in [-0.2, -0.15) is 0 Å². The van der Waals surface area contributed by atoms with Gasteiger partial charge in [0.25, 0.3) is 0 Å². The minimum Gasteiger partial charge on any atom is -0.480 e. The highest BCUT2D eigenvalue weighted by atomic mass is 32.2. The summed E-state index contributed by atoms with van der Waals surface area (Å²) in [5.41, 5.74) is 0.418. The van der Waals surface area contributed by atoms with E-state index in [0.29, 0.717) is 17.9 Å². The molecule has 2 N–H and O–H groups in total. The van der Waals surface area contributed by atoms with E-state index in [1.807, 2.05) is 0 Å². The number of carbonyl (C=O) groups excluding carboxylic acids is 1. The fourth-order valence-electron chi connectivity index (χ4n) is 1.09. The van der Waals surface area contributed by atoms with Crippen LogP contribution in [0.3, 0.4) is 0 Å². The molecule has 0 aromatic carbocycles. The second-order valence-corrected chi connectivity index (χ2v) is 3.61. The number of carboxylic acids is 1. The SMILES string of the molecule is CSC(C(=O)O)c1cccc(NC=O)n1. The normalized spacial score (nSPS) is 11.8. The highest BCUT2D eigenvalue weighted by Gasteiger charge is 2.19. The van der Waals surface area contributed by atoms with Crippen LogP contribution in [0.1, 0.15) is 10.9 Å². The first-order chi connectivity index (χ1) is 7.19. The highest BCUT2D eigenvalue weighted by molar-refractivity contribution is 7.99. The largest absolute Gasteiger partial charge is 0.480 e. The van der Waals surface area contributed by atoms with E-state index in [0.717, 1.165) is 0 Å². The minimum absolute atomic E-state index is 0.350. The standard InChI is InChI=1S/C9H10N2O3S/c1-15-8(9(13)14)6-3-2-4-7(11-6)10-5-12/h2-5,8H,1H3,(H,13,14)(H,10,11,12).